The lowest BCUT2D eigenvalue weighted by molar-refractivity contribution is -0.145. The summed E-state index contributed by atoms with van der Waals surface area (Å²) in [5.41, 5.74) is 7.09. The summed E-state index contributed by atoms with van der Waals surface area (Å²) in [6, 6.07) is 8.72. The molecule has 0 amide bonds. The van der Waals surface area contributed by atoms with E-state index in [1.165, 1.54) is 0 Å². The summed E-state index contributed by atoms with van der Waals surface area (Å²) in [5.74, 6) is -0.909. The number of esters is 1. The molecule has 136 valence electrons. The van der Waals surface area contributed by atoms with Gasteiger partial charge in [0.05, 0.1) is 26.0 Å². The molecule has 0 spiro atoms. The lowest BCUT2D eigenvalue weighted by Gasteiger charge is -2.26. The third kappa shape index (κ3) is 6.73. The maximum Gasteiger partial charge on any atom is 0.331 e. The third-order valence-electron chi connectivity index (χ3n) is 3.52. The Labute approximate surface area is 144 Å². The van der Waals surface area contributed by atoms with E-state index in [1.807, 2.05) is 30.3 Å². The van der Waals surface area contributed by atoms with E-state index in [2.05, 4.69) is 0 Å². The van der Waals surface area contributed by atoms with Crippen molar-refractivity contribution in [2.45, 2.75) is 33.2 Å². The monoisotopic (exact) mass is 357 g/mol. The SMILES string of the molecule is CCOC(=O)[C@H](N)[C@H](Cc1ccccc1)CP(=O)(OCC)OCC. The lowest BCUT2D eigenvalue weighted by Crippen LogP contribution is -2.42. The Kier molecular flexibility index (Phi) is 9.22. The number of nitrogens with two attached hydrogens (primary N) is 1. The Morgan fingerprint density at radius 1 is 1.08 bits per heavy atom. The van der Waals surface area contributed by atoms with E-state index < -0.39 is 25.5 Å². The van der Waals surface area contributed by atoms with E-state index in [9.17, 15) is 9.36 Å². The number of hydrogen-bond donors (Lipinski definition) is 1. The molecule has 0 aliphatic rings. The van der Waals surface area contributed by atoms with Crippen LogP contribution in [0.4, 0.5) is 0 Å². The highest BCUT2D eigenvalue weighted by Gasteiger charge is 2.35. The minimum Gasteiger partial charge on any atom is -0.465 e. The lowest BCUT2D eigenvalue weighted by atomic mass is 9.94. The summed E-state index contributed by atoms with van der Waals surface area (Å²) in [5, 5.41) is 0. The summed E-state index contributed by atoms with van der Waals surface area (Å²) >= 11 is 0. The minimum absolute atomic E-state index is 0.0730. The van der Waals surface area contributed by atoms with Gasteiger partial charge in [0.2, 0.25) is 0 Å². The van der Waals surface area contributed by atoms with Crippen LogP contribution in [0.1, 0.15) is 26.3 Å². The van der Waals surface area contributed by atoms with E-state index in [0.717, 1.165) is 5.56 Å². The van der Waals surface area contributed by atoms with Gasteiger partial charge in [0.15, 0.2) is 0 Å². The highest BCUT2D eigenvalue weighted by atomic mass is 31.2. The van der Waals surface area contributed by atoms with Crippen LogP contribution in [0.25, 0.3) is 0 Å². The number of rotatable bonds is 11. The Balaban J connectivity index is 2.98. The molecule has 0 saturated carbocycles. The van der Waals surface area contributed by atoms with Crippen molar-refractivity contribution in [3.63, 3.8) is 0 Å². The van der Waals surface area contributed by atoms with E-state index in [1.54, 1.807) is 20.8 Å². The first-order valence-corrected chi connectivity index (χ1v) is 10.0. The Morgan fingerprint density at radius 3 is 2.17 bits per heavy atom. The molecule has 0 aliphatic heterocycles. The van der Waals surface area contributed by atoms with Crippen molar-refractivity contribution in [2.24, 2.45) is 11.7 Å². The number of hydrogen-bond acceptors (Lipinski definition) is 6. The molecule has 0 heterocycles. The molecule has 2 N–H and O–H groups in total. The zero-order valence-corrected chi connectivity index (χ0v) is 15.5. The molecular formula is C17H28NO5P. The zero-order chi connectivity index (χ0) is 18.0. The molecular weight excluding hydrogens is 329 g/mol. The fourth-order valence-electron chi connectivity index (χ4n) is 2.48. The van der Waals surface area contributed by atoms with E-state index in [0.29, 0.717) is 6.42 Å². The van der Waals surface area contributed by atoms with Crippen LogP contribution in [-0.2, 0) is 29.6 Å². The molecule has 0 unspecified atom stereocenters. The van der Waals surface area contributed by atoms with Crippen LogP contribution in [0.3, 0.4) is 0 Å². The first-order valence-electron chi connectivity index (χ1n) is 8.30. The van der Waals surface area contributed by atoms with Gasteiger partial charge in [0.25, 0.3) is 0 Å². The van der Waals surface area contributed by atoms with Crippen LogP contribution in [0.5, 0.6) is 0 Å². The summed E-state index contributed by atoms with van der Waals surface area (Å²) in [6.45, 7) is 6.02. The molecule has 0 aliphatic carbocycles. The third-order valence-corrected chi connectivity index (χ3v) is 5.74. The van der Waals surface area contributed by atoms with Crippen LogP contribution in [-0.4, -0.2) is 38.0 Å². The molecule has 2 atom stereocenters. The molecule has 24 heavy (non-hydrogen) atoms. The quantitative estimate of drug-likeness (QED) is 0.484. The van der Waals surface area contributed by atoms with Gasteiger partial charge in [-0.3, -0.25) is 9.36 Å². The number of benzene rings is 1. The highest BCUT2D eigenvalue weighted by Crippen LogP contribution is 2.50. The molecule has 7 heteroatoms. The molecule has 1 aromatic carbocycles. The van der Waals surface area contributed by atoms with Crippen molar-refractivity contribution in [1.29, 1.82) is 0 Å². The summed E-state index contributed by atoms with van der Waals surface area (Å²) < 4.78 is 28.6. The Morgan fingerprint density at radius 2 is 1.67 bits per heavy atom. The Bertz CT molecular complexity index is 527. The van der Waals surface area contributed by atoms with Gasteiger partial charge in [-0.25, -0.2) is 0 Å². The van der Waals surface area contributed by atoms with Crippen molar-refractivity contribution in [2.75, 3.05) is 26.0 Å². The van der Waals surface area contributed by atoms with Gasteiger partial charge in [0.1, 0.15) is 6.04 Å². The molecule has 0 saturated heterocycles. The first kappa shape index (κ1) is 20.8. The molecule has 6 nitrogen and oxygen atoms in total. The van der Waals surface area contributed by atoms with Crippen molar-refractivity contribution in [3.8, 4) is 0 Å². The Hall–Kier alpha value is -1.20. The summed E-state index contributed by atoms with van der Waals surface area (Å²) in [7, 11) is -3.31. The predicted molar refractivity (Wildman–Crippen MR) is 94.0 cm³/mol. The zero-order valence-electron chi connectivity index (χ0n) is 14.6. The maximum atomic E-state index is 12.8. The van der Waals surface area contributed by atoms with E-state index in [4.69, 9.17) is 19.5 Å². The second-order valence-electron chi connectivity index (χ2n) is 5.36. The van der Waals surface area contributed by atoms with Crippen LogP contribution in [0.2, 0.25) is 0 Å². The van der Waals surface area contributed by atoms with Gasteiger partial charge in [-0.15, -0.1) is 0 Å². The van der Waals surface area contributed by atoms with Gasteiger partial charge < -0.3 is 19.5 Å². The average Bonchev–Trinajstić information content (AvgIpc) is 2.55. The van der Waals surface area contributed by atoms with Gasteiger partial charge in [0, 0.05) is 5.92 Å². The topological polar surface area (TPSA) is 87.9 Å². The summed E-state index contributed by atoms with van der Waals surface area (Å²) in [6.07, 6.45) is 0.564. The van der Waals surface area contributed by atoms with Crippen molar-refractivity contribution in [1.82, 2.24) is 0 Å². The van der Waals surface area contributed by atoms with E-state index in [-0.39, 0.29) is 26.0 Å². The standard InChI is InChI=1S/C17H28NO5P/c1-4-21-17(19)16(18)15(12-14-10-8-7-9-11-14)13-24(20,22-5-2)23-6-3/h7-11,15-16H,4-6,12-13,18H2,1-3H3/t15-,16-/m1/s1. The van der Waals surface area contributed by atoms with Gasteiger partial charge in [-0.2, -0.15) is 0 Å². The summed E-state index contributed by atoms with van der Waals surface area (Å²) in [4.78, 5) is 12.1. The molecule has 1 rings (SSSR count). The molecule has 0 aromatic heterocycles. The van der Waals surface area contributed by atoms with Crippen molar-refractivity contribution < 1.29 is 23.1 Å². The minimum atomic E-state index is -3.31. The fourth-order valence-corrected chi connectivity index (χ4v) is 4.48. The van der Waals surface area contributed by atoms with Crippen LogP contribution >= 0.6 is 7.60 Å². The molecule has 0 fully saturated rings. The molecule has 1 aromatic rings. The molecule has 0 bridgehead atoms. The fraction of sp³-hybridized carbons (Fsp3) is 0.588. The van der Waals surface area contributed by atoms with Crippen LogP contribution in [0.15, 0.2) is 30.3 Å². The van der Waals surface area contributed by atoms with Crippen LogP contribution < -0.4 is 5.73 Å². The highest BCUT2D eigenvalue weighted by molar-refractivity contribution is 7.53. The average molecular weight is 357 g/mol. The maximum absolute atomic E-state index is 12.8. The molecule has 0 radical (unpaired) electrons. The van der Waals surface area contributed by atoms with Crippen molar-refractivity contribution >= 4 is 13.6 Å². The van der Waals surface area contributed by atoms with Gasteiger partial charge in [-0.05, 0) is 32.8 Å². The predicted octanol–water partition coefficient (Wildman–Crippen LogP) is 3.00. The second-order valence-corrected chi connectivity index (χ2v) is 7.46. The largest absolute Gasteiger partial charge is 0.465 e. The number of carbonyl (C=O) groups excluding carboxylic acids is 1. The number of ether oxygens (including phenoxy) is 1. The number of carbonyl (C=O) groups is 1. The van der Waals surface area contributed by atoms with Gasteiger partial charge >= 0.3 is 13.6 Å². The smallest absolute Gasteiger partial charge is 0.331 e. The van der Waals surface area contributed by atoms with Gasteiger partial charge in [-0.1, -0.05) is 30.3 Å². The second kappa shape index (κ2) is 10.6. The van der Waals surface area contributed by atoms with Crippen molar-refractivity contribution in [3.05, 3.63) is 35.9 Å². The van der Waals surface area contributed by atoms with E-state index >= 15 is 0 Å². The normalized spacial score (nSPS) is 14.2. The first-order chi connectivity index (χ1) is 11.5. The van der Waals surface area contributed by atoms with Crippen LogP contribution in [0, 0.1) is 5.92 Å².